The van der Waals surface area contributed by atoms with Crippen molar-refractivity contribution in [1.29, 1.82) is 0 Å². The van der Waals surface area contributed by atoms with Gasteiger partial charge >= 0.3 is 0 Å². The SMILES string of the molecule is NC(=O)CN(C(=O)C[S+]([O-])CC(=O)N(c1ccc(F)cc1)C1CCCCC1)c1cccc2ccccc12. The fourth-order valence-corrected chi connectivity index (χ4v) is 5.83. The number of fused-ring (bicyclic) bond motifs is 1. The van der Waals surface area contributed by atoms with Gasteiger partial charge in [0.1, 0.15) is 12.4 Å². The first-order valence-corrected chi connectivity index (χ1v) is 13.8. The number of benzene rings is 3. The zero-order valence-electron chi connectivity index (χ0n) is 20.5. The Morgan fingerprint density at radius 2 is 1.54 bits per heavy atom. The predicted octanol–water partition coefficient (Wildman–Crippen LogP) is 3.91. The van der Waals surface area contributed by atoms with E-state index in [9.17, 15) is 23.3 Å². The maximum absolute atomic E-state index is 13.5. The van der Waals surface area contributed by atoms with E-state index in [1.54, 1.807) is 29.2 Å². The number of primary amides is 1. The van der Waals surface area contributed by atoms with Crippen LogP contribution < -0.4 is 15.5 Å². The van der Waals surface area contributed by atoms with E-state index in [-0.39, 0.29) is 24.2 Å². The number of nitrogens with zero attached hydrogens (tertiary/aromatic N) is 2. The summed E-state index contributed by atoms with van der Waals surface area (Å²) in [5.74, 6) is -2.85. The van der Waals surface area contributed by atoms with E-state index in [1.807, 2.05) is 30.3 Å². The number of hydrogen-bond donors (Lipinski definition) is 1. The first-order valence-electron chi connectivity index (χ1n) is 12.3. The number of carbonyl (C=O) groups is 3. The molecular weight excluding hydrogens is 493 g/mol. The summed E-state index contributed by atoms with van der Waals surface area (Å²) in [4.78, 5) is 41.2. The minimum absolute atomic E-state index is 0.0681. The van der Waals surface area contributed by atoms with Gasteiger partial charge in [-0.2, -0.15) is 0 Å². The van der Waals surface area contributed by atoms with Crippen molar-refractivity contribution in [3.05, 3.63) is 72.5 Å². The Hall–Kier alpha value is -3.43. The smallest absolute Gasteiger partial charge is 0.277 e. The van der Waals surface area contributed by atoms with Crippen molar-refractivity contribution >= 4 is 51.0 Å². The van der Waals surface area contributed by atoms with Crippen LogP contribution in [-0.4, -0.2) is 46.4 Å². The van der Waals surface area contributed by atoms with E-state index in [0.29, 0.717) is 11.4 Å². The molecule has 0 aromatic heterocycles. The van der Waals surface area contributed by atoms with E-state index in [0.717, 1.165) is 42.9 Å². The average Bonchev–Trinajstić information content (AvgIpc) is 2.88. The van der Waals surface area contributed by atoms with Crippen molar-refractivity contribution in [1.82, 2.24) is 0 Å². The molecule has 4 rings (SSSR count). The van der Waals surface area contributed by atoms with Crippen LogP contribution in [0.15, 0.2) is 66.7 Å². The number of rotatable bonds is 9. The average molecular weight is 524 g/mol. The van der Waals surface area contributed by atoms with Crippen molar-refractivity contribution in [2.24, 2.45) is 5.73 Å². The highest BCUT2D eigenvalue weighted by Crippen LogP contribution is 2.29. The molecule has 1 atom stereocenters. The topological polar surface area (TPSA) is 107 Å². The van der Waals surface area contributed by atoms with E-state index < -0.39 is 34.6 Å². The van der Waals surface area contributed by atoms with Crippen molar-refractivity contribution in [3.8, 4) is 0 Å². The molecule has 0 aliphatic heterocycles. The Morgan fingerprint density at radius 1 is 0.892 bits per heavy atom. The molecular formula is C28H30FN3O4S. The molecule has 9 heteroatoms. The molecule has 7 nitrogen and oxygen atoms in total. The molecule has 0 radical (unpaired) electrons. The summed E-state index contributed by atoms with van der Waals surface area (Å²) in [6, 6.07) is 18.4. The van der Waals surface area contributed by atoms with Gasteiger partial charge in [-0.05, 0) is 59.7 Å². The molecule has 194 valence electrons. The van der Waals surface area contributed by atoms with Crippen LogP contribution in [0, 0.1) is 5.82 Å². The lowest BCUT2D eigenvalue weighted by atomic mass is 9.93. The lowest BCUT2D eigenvalue weighted by Crippen LogP contribution is -2.46. The maximum Gasteiger partial charge on any atom is 0.277 e. The Morgan fingerprint density at radius 3 is 2.24 bits per heavy atom. The Kier molecular flexibility index (Phi) is 8.78. The van der Waals surface area contributed by atoms with E-state index in [1.165, 1.54) is 17.0 Å². The van der Waals surface area contributed by atoms with Crippen molar-refractivity contribution in [3.63, 3.8) is 0 Å². The van der Waals surface area contributed by atoms with Gasteiger partial charge in [-0.3, -0.25) is 19.3 Å². The molecule has 1 unspecified atom stereocenters. The summed E-state index contributed by atoms with van der Waals surface area (Å²) < 4.78 is 26.6. The van der Waals surface area contributed by atoms with Crippen molar-refractivity contribution in [2.45, 2.75) is 38.1 Å². The molecule has 0 saturated heterocycles. The fraction of sp³-hybridized carbons (Fsp3) is 0.321. The number of amides is 3. The highest BCUT2D eigenvalue weighted by molar-refractivity contribution is 7.92. The minimum Gasteiger partial charge on any atom is -0.616 e. The molecule has 37 heavy (non-hydrogen) atoms. The van der Waals surface area contributed by atoms with Crippen LogP contribution in [0.2, 0.25) is 0 Å². The van der Waals surface area contributed by atoms with E-state index >= 15 is 0 Å². The third-order valence-corrected chi connectivity index (χ3v) is 7.69. The molecule has 3 aromatic carbocycles. The van der Waals surface area contributed by atoms with Gasteiger partial charge in [0.05, 0.1) is 5.69 Å². The quantitative estimate of drug-likeness (QED) is 0.429. The van der Waals surface area contributed by atoms with Crippen LogP contribution in [0.3, 0.4) is 0 Å². The summed E-state index contributed by atoms with van der Waals surface area (Å²) >= 11 is -1.83. The summed E-state index contributed by atoms with van der Waals surface area (Å²) in [5.41, 5.74) is 6.46. The number of anilines is 2. The standard InChI is InChI=1S/C28H30FN3O4S/c29-21-13-15-23(16-14-21)32(22-9-2-1-3-10-22)28(35)19-37(36)18-27(34)31(17-26(30)33)25-12-6-8-20-7-4-5-11-24(20)25/h4-8,11-16,22H,1-3,9-10,17-19H2,(H2,30,33). The van der Waals surface area contributed by atoms with Crippen LogP contribution in [0.5, 0.6) is 0 Å². The third kappa shape index (κ3) is 6.67. The third-order valence-electron chi connectivity index (χ3n) is 6.55. The highest BCUT2D eigenvalue weighted by atomic mass is 32.2. The van der Waals surface area contributed by atoms with Gasteiger partial charge < -0.3 is 15.2 Å². The largest absolute Gasteiger partial charge is 0.616 e. The monoisotopic (exact) mass is 523 g/mol. The molecule has 0 bridgehead atoms. The van der Waals surface area contributed by atoms with Crippen molar-refractivity contribution < 1.29 is 23.3 Å². The minimum atomic E-state index is -1.83. The molecule has 1 aliphatic rings. The summed E-state index contributed by atoms with van der Waals surface area (Å²) in [6.45, 7) is -0.373. The molecule has 0 heterocycles. The van der Waals surface area contributed by atoms with E-state index in [4.69, 9.17) is 5.73 Å². The molecule has 3 aromatic rings. The van der Waals surface area contributed by atoms with Crippen LogP contribution in [0.25, 0.3) is 10.8 Å². The van der Waals surface area contributed by atoms with Gasteiger partial charge in [0.2, 0.25) is 5.91 Å². The Bertz CT molecular complexity index is 1260. The second kappa shape index (κ2) is 12.2. The van der Waals surface area contributed by atoms with Gasteiger partial charge in [-0.1, -0.05) is 55.7 Å². The van der Waals surface area contributed by atoms with Gasteiger partial charge in [0.25, 0.3) is 11.8 Å². The van der Waals surface area contributed by atoms with Gasteiger partial charge in [0, 0.05) is 17.1 Å². The number of nitrogens with two attached hydrogens (primary N) is 1. The summed E-state index contributed by atoms with van der Waals surface area (Å²) in [5, 5.41) is 1.63. The molecule has 1 saturated carbocycles. The van der Waals surface area contributed by atoms with Crippen LogP contribution in [0.1, 0.15) is 32.1 Å². The number of carbonyl (C=O) groups excluding carboxylic acids is 3. The van der Waals surface area contributed by atoms with Gasteiger partial charge in [0.15, 0.2) is 11.5 Å². The van der Waals surface area contributed by atoms with Gasteiger partial charge in [-0.25, -0.2) is 4.39 Å². The molecule has 3 amide bonds. The molecule has 0 spiro atoms. The Balaban J connectivity index is 1.51. The summed E-state index contributed by atoms with van der Waals surface area (Å²) in [7, 11) is 0. The normalized spacial score (nSPS) is 14.8. The summed E-state index contributed by atoms with van der Waals surface area (Å²) in [6.07, 6.45) is 4.66. The van der Waals surface area contributed by atoms with Crippen LogP contribution in [-0.2, 0) is 25.6 Å². The van der Waals surface area contributed by atoms with Crippen LogP contribution >= 0.6 is 0 Å². The molecule has 1 aliphatic carbocycles. The predicted molar refractivity (Wildman–Crippen MR) is 144 cm³/mol. The number of halogens is 1. The Labute approximate surface area is 218 Å². The molecule has 1 fully saturated rings. The maximum atomic E-state index is 13.5. The molecule has 2 N–H and O–H groups in total. The zero-order chi connectivity index (χ0) is 26.4. The first kappa shape index (κ1) is 26.6. The lowest BCUT2D eigenvalue weighted by molar-refractivity contribution is -0.121. The van der Waals surface area contributed by atoms with Gasteiger partial charge in [-0.15, -0.1) is 0 Å². The van der Waals surface area contributed by atoms with Crippen LogP contribution in [0.4, 0.5) is 15.8 Å². The second-order valence-corrected chi connectivity index (χ2v) is 10.7. The highest BCUT2D eigenvalue weighted by Gasteiger charge is 2.31. The van der Waals surface area contributed by atoms with E-state index in [2.05, 4.69) is 0 Å². The fourth-order valence-electron chi connectivity index (χ4n) is 4.88. The van der Waals surface area contributed by atoms with Crippen molar-refractivity contribution in [2.75, 3.05) is 27.9 Å². The first-order chi connectivity index (χ1) is 17.8. The second-order valence-electron chi connectivity index (χ2n) is 9.20. The zero-order valence-corrected chi connectivity index (χ0v) is 21.3. The lowest BCUT2D eigenvalue weighted by Gasteiger charge is -2.34. The number of hydrogen-bond acceptors (Lipinski definition) is 4.